The molecule has 3 aromatic rings. The van der Waals surface area contributed by atoms with Gasteiger partial charge in [-0.3, -0.25) is 9.93 Å². The van der Waals surface area contributed by atoms with Gasteiger partial charge in [-0.05, 0) is 53.7 Å². The van der Waals surface area contributed by atoms with Gasteiger partial charge in [0, 0.05) is 17.3 Å². The van der Waals surface area contributed by atoms with Crippen LogP contribution in [-0.2, 0) is 6.18 Å². The predicted octanol–water partition coefficient (Wildman–Crippen LogP) is 5.65. The van der Waals surface area contributed by atoms with Crippen LogP contribution >= 0.6 is 10.7 Å². The van der Waals surface area contributed by atoms with Gasteiger partial charge in [0.15, 0.2) is 0 Å². The van der Waals surface area contributed by atoms with E-state index in [4.69, 9.17) is 5.14 Å². The fourth-order valence-electron chi connectivity index (χ4n) is 2.91. The molecule has 0 aromatic heterocycles. The Kier molecular flexibility index (Phi) is 6.28. The number of phenols is 1. The van der Waals surface area contributed by atoms with E-state index in [9.17, 15) is 23.1 Å². The first-order valence-electron chi connectivity index (χ1n) is 8.88. The van der Waals surface area contributed by atoms with Crippen molar-refractivity contribution < 1.29 is 23.1 Å². The lowest BCUT2D eigenvalue weighted by Gasteiger charge is -2.13. The molecule has 0 bridgehead atoms. The maximum Gasteiger partial charge on any atom is 0.417 e. The molecule has 3 aromatic carbocycles. The summed E-state index contributed by atoms with van der Waals surface area (Å²) in [5, 5.41) is 20.4. The number of amides is 1. The second-order valence-electron chi connectivity index (χ2n) is 6.36. The van der Waals surface area contributed by atoms with Crippen molar-refractivity contribution in [1.82, 2.24) is 0 Å². The number of hydrogen-bond donors (Lipinski definition) is 3. The monoisotopic (exact) mass is 432 g/mol. The molecule has 3 rings (SSSR count). The van der Waals surface area contributed by atoms with E-state index in [1.807, 2.05) is 0 Å². The molecule has 0 saturated carbocycles. The van der Waals surface area contributed by atoms with Crippen LogP contribution in [0.5, 0.6) is 5.75 Å². The van der Waals surface area contributed by atoms with Gasteiger partial charge in [0.2, 0.25) is 0 Å². The molecule has 30 heavy (non-hydrogen) atoms. The van der Waals surface area contributed by atoms with Crippen LogP contribution in [0.1, 0.15) is 22.8 Å². The first-order valence-corrected chi connectivity index (χ1v) is 10.2. The Morgan fingerprint density at radius 2 is 1.73 bits per heavy atom. The van der Waals surface area contributed by atoms with Gasteiger partial charge in [0.05, 0.1) is 10.5 Å². The minimum absolute atomic E-state index is 0.0316. The summed E-state index contributed by atoms with van der Waals surface area (Å²) in [4.78, 5) is 13.0. The summed E-state index contributed by atoms with van der Waals surface area (Å²) in [5.41, 5.74) is 0.309. The molecule has 1 amide bonds. The molecular formula is C22H19F3N2O2S. The number of rotatable bonds is 4. The van der Waals surface area contributed by atoms with Crippen LogP contribution in [0.15, 0.2) is 71.6 Å². The second-order valence-corrected chi connectivity index (χ2v) is 8.02. The van der Waals surface area contributed by atoms with Crippen molar-refractivity contribution >= 4 is 27.6 Å². The smallest absolute Gasteiger partial charge is 0.417 e. The van der Waals surface area contributed by atoms with Crippen LogP contribution in [0.2, 0.25) is 0 Å². The fraction of sp³-hybridized carbons (Fsp3) is 0.0909. The standard InChI is InChI=1S/C22H19F3N2O2S/c1-2-30(26)20-12-11-16(13-19(20)28)27-21(29)15-9-7-14(8-10-15)17-5-3-4-6-18(17)22(23,24)25/h2-13,28H,26H2,1H3,(H,27,29). The van der Waals surface area contributed by atoms with E-state index in [1.165, 1.54) is 48.5 Å². The Balaban J connectivity index is 1.81. The number of nitrogens with one attached hydrogen (secondary N) is 1. The van der Waals surface area contributed by atoms with Gasteiger partial charge in [-0.15, -0.1) is 0 Å². The highest BCUT2D eigenvalue weighted by molar-refractivity contribution is 8.13. The molecule has 8 heteroatoms. The zero-order chi connectivity index (χ0) is 21.9. The topological polar surface area (TPSA) is 75.3 Å². The summed E-state index contributed by atoms with van der Waals surface area (Å²) in [6.07, 6.45) is -4.47. The first kappa shape index (κ1) is 21.6. The van der Waals surface area contributed by atoms with E-state index in [2.05, 4.69) is 5.32 Å². The van der Waals surface area contributed by atoms with Gasteiger partial charge >= 0.3 is 6.18 Å². The molecule has 4 N–H and O–H groups in total. The molecule has 0 aliphatic carbocycles. The largest absolute Gasteiger partial charge is 0.507 e. The number of phenolic OH excluding ortho intramolecular Hbond substituents is 1. The van der Waals surface area contributed by atoms with Gasteiger partial charge in [-0.25, -0.2) is 0 Å². The van der Waals surface area contributed by atoms with Crippen LogP contribution in [0, 0.1) is 0 Å². The average molecular weight is 432 g/mol. The minimum Gasteiger partial charge on any atom is -0.507 e. The van der Waals surface area contributed by atoms with Crippen LogP contribution < -0.4 is 10.5 Å². The summed E-state index contributed by atoms with van der Waals surface area (Å²) in [6, 6.07) is 15.8. The number of halogens is 3. The molecule has 1 unspecified atom stereocenters. The molecule has 0 aliphatic heterocycles. The Hall–Kier alpha value is -3.10. The SMILES string of the molecule is C/C=S(\N)c1ccc(NC(=O)c2ccc(-c3ccccc3C(F)(F)F)cc2)cc1O. The number of anilines is 1. The van der Waals surface area contributed by atoms with Crippen molar-refractivity contribution in [3.63, 3.8) is 0 Å². The van der Waals surface area contributed by atoms with Crippen molar-refractivity contribution in [2.75, 3.05) is 5.32 Å². The quantitative estimate of drug-likeness (QED) is 0.466. The molecule has 4 nitrogen and oxygen atoms in total. The summed E-state index contributed by atoms with van der Waals surface area (Å²) >= 11 is 0. The molecule has 0 radical (unpaired) electrons. The molecule has 0 spiro atoms. The van der Waals surface area contributed by atoms with Gasteiger partial charge in [0.25, 0.3) is 5.91 Å². The lowest BCUT2D eigenvalue weighted by molar-refractivity contribution is -0.137. The molecule has 0 fully saturated rings. The lowest BCUT2D eigenvalue weighted by Crippen LogP contribution is -2.12. The Morgan fingerprint density at radius 1 is 1.07 bits per heavy atom. The van der Waals surface area contributed by atoms with Crippen molar-refractivity contribution in [3.8, 4) is 16.9 Å². The van der Waals surface area contributed by atoms with E-state index in [0.29, 0.717) is 16.1 Å². The van der Waals surface area contributed by atoms with Crippen molar-refractivity contribution in [1.29, 1.82) is 0 Å². The van der Waals surface area contributed by atoms with Crippen LogP contribution in [0.4, 0.5) is 18.9 Å². The van der Waals surface area contributed by atoms with Gasteiger partial charge in [-0.2, -0.15) is 13.2 Å². The molecule has 0 heterocycles. The van der Waals surface area contributed by atoms with Crippen LogP contribution in [-0.4, -0.2) is 16.4 Å². The lowest BCUT2D eigenvalue weighted by atomic mass is 9.98. The number of benzene rings is 3. The van der Waals surface area contributed by atoms with Crippen LogP contribution in [0.25, 0.3) is 11.1 Å². The number of aromatic hydroxyl groups is 1. The average Bonchev–Trinajstić information content (AvgIpc) is 2.73. The summed E-state index contributed by atoms with van der Waals surface area (Å²) in [7, 11) is -0.706. The zero-order valence-electron chi connectivity index (χ0n) is 15.9. The predicted molar refractivity (Wildman–Crippen MR) is 115 cm³/mol. The Labute approximate surface area is 174 Å². The third-order valence-electron chi connectivity index (χ3n) is 4.42. The molecule has 0 saturated heterocycles. The van der Waals surface area contributed by atoms with Crippen molar-refractivity contribution in [2.45, 2.75) is 18.0 Å². The van der Waals surface area contributed by atoms with E-state index in [-0.39, 0.29) is 16.9 Å². The summed E-state index contributed by atoms with van der Waals surface area (Å²) in [5.74, 6) is -0.484. The van der Waals surface area contributed by atoms with E-state index in [0.717, 1.165) is 6.07 Å². The fourth-order valence-corrected chi connectivity index (χ4v) is 3.69. The second kappa shape index (κ2) is 8.73. The van der Waals surface area contributed by atoms with Gasteiger partial charge < -0.3 is 10.4 Å². The summed E-state index contributed by atoms with van der Waals surface area (Å²) in [6.45, 7) is 1.79. The number of alkyl halides is 3. The third-order valence-corrected chi connectivity index (χ3v) is 5.78. The van der Waals surface area contributed by atoms with E-state index < -0.39 is 28.3 Å². The number of carbonyl (C=O) groups excluding carboxylic acids is 1. The van der Waals surface area contributed by atoms with E-state index in [1.54, 1.807) is 24.4 Å². The summed E-state index contributed by atoms with van der Waals surface area (Å²) < 4.78 is 39.7. The highest BCUT2D eigenvalue weighted by Crippen LogP contribution is 2.37. The van der Waals surface area contributed by atoms with Crippen LogP contribution in [0.3, 0.4) is 0 Å². The Morgan fingerprint density at radius 3 is 2.33 bits per heavy atom. The molecule has 156 valence electrons. The van der Waals surface area contributed by atoms with Crippen molar-refractivity contribution in [2.24, 2.45) is 5.14 Å². The minimum atomic E-state index is -4.47. The third kappa shape index (κ3) is 4.72. The molecular weight excluding hydrogens is 413 g/mol. The normalized spacial score (nSPS) is 12.6. The first-order chi connectivity index (χ1) is 14.2. The highest BCUT2D eigenvalue weighted by atomic mass is 32.2. The maximum atomic E-state index is 13.2. The molecule has 0 aliphatic rings. The number of nitrogens with two attached hydrogens (primary N) is 1. The Bertz CT molecular complexity index is 1110. The van der Waals surface area contributed by atoms with Crippen molar-refractivity contribution in [3.05, 3.63) is 77.9 Å². The molecule has 1 atom stereocenters. The number of carbonyl (C=O) groups is 1. The van der Waals surface area contributed by atoms with Gasteiger partial charge in [-0.1, -0.05) is 41.0 Å². The number of hydrogen-bond acceptors (Lipinski definition) is 3. The highest BCUT2D eigenvalue weighted by Gasteiger charge is 2.33. The zero-order valence-corrected chi connectivity index (χ0v) is 16.7. The maximum absolute atomic E-state index is 13.2. The van der Waals surface area contributed by atoms with Gasteiger partial charge in [0.1, 0.15) is 5.75 Å². The van der Waals surface area contributed by atoms with E-state index >= 15 is 0 Å².